The topological polar surface area (TPSA) is 164 Å². The number of phenolic OH excluding ortho intramolecular Hbond substituents is 1. The number of nitrogens with zero attached hydrogens (tertiary/aromatic N) is 1. The fourth-order valence-electron chi connectivity index (χ4n) is 3.43. The van der Waals surface area contributed by atoms with Gasteiger partial charge in [-0.05, 0) is 24.3 Å². The summed E-state index contributed by atoms with van der Waals surface area (Å²) in [4.78, 5) is 36.5. The first kappa shape index (κ1) is 21.8. The average Bonchev–Trinajstić information content (AvgIpc) is 2.79. The lowest BCUT2D eigenvalue weighted by atomic mass is 9.82. The van der Waals surface area contributed by atoms with Crippen LogP contribution in [0.15, 0.2) is 59.5 Å². The van der Waals surface area contributed by atoms with E-state index >= 15 is 0 Å². The number of hydrogen-bond acceptors (Lipinski definition) is 8. The highest BCUT2D eigenvalue weighted by Crippen LogP contribution is 2.42. The van der Waals surface area contributed by atoms with Crippen LogP contribution in [0.2, 0.25) is 0 Å². The molecule has 0 aromatic heterocycles. The third kappa shape index (κ3) is 3.44. The van der Waals surface area contributed by atoms with Crippen molar-refractivity contribution < 1.29 is 37.8 Å². The molecule has 0 bridgehead atoms. The second kappa shape index (κ2) is 7.64. The van der Waals surface area contributed by atoms with E-state index in [-0.39, 0.29) is 48.6 Å². The maximum absolute atomic E-state index is 13.0. The predicted molar refractivity (Wildman–Crippen MR) is 115 cm³/mol. The minimum Gasteiger partial charge on any atom is -0.507 e. The van der Waals surface area contributed by atoms with Crippen molar-refractivity contribution in [3.8, 4) is 17.2 Å². The van der Waals surface area contributed by atoms with Crippen LogP contribution in [0.5, 0.6) is 17.2 Å². The number of sulfonamides is 1. The molecule has 11 heteroatoms. The summed E-state index contributed by atoms with van der Waals surface area (Å²) in [5.74, 6) is -1.62. The second-order valence-corrected chi connectivity index (χ2v) is 9.06. The molecule has 33 heavy (non-hydrogen) atoms. The fourth-order valence-corrected chi connectivity index (χ4v) is 4.43. The van der Waals surface area contributed by atoms with E-state index in [0.29, 0.717) is 0 Å². The molecule has 3 aromatic rings. The first-order valence-corrected chi connectivity index (χ1v) is 10.8. The van der Waals surface area contributed by atoms with Gasteiger partial charge in [-0.25, -0.2) is 17.5 Å². The van der Waals surface area contributed by atoms with Crippen LogP contribution < -0.4 is 10.5 Å². The summed E-state index contributed by atoms with van der Waals surface area (Å²) in [6, 6.07) is 12.0. The lowest BCUT2D eigenvalue weighted by molar-refractivity contribution is 0.0977. The standard InChI is InChI=1S/C22H16N2O8S/c1-24(22(28)29)33(30,31)12-8-6-11(7-9-12)32-16-10-15(25)17-18(19(16)23)21(27)14-5-3-2-4-13(14)20(17)26/h2-10,25H,23H2,1H3,(H,28,29). The lowest BCUT2D eigenvalue weighted by Crippen LogP contribution is -2.31. The number of aromatic hydroxyl groups is 1. The van der Waals surface area contributed by atoms with Gasteiger partial charge in [0.05, 0.1) is 21.7 Å². The smallest absolute Gasteiger partial charge is 0.421 e. The van der Waals surface area contributed by atoms with E-state index < -0.39 is 33.4 Å². The third-order valence-corrected chi connectivity index (χ3v) is 6.90. The summed E-state index contributed by atoms with van der Waals surface area (Å²) in [6.07, 6.45) is -1.64. The molecule has 0 saturated carbocycles. The molecule has 10 nitrogen and oxygen atoms in total. The Labute approximate surface area is 187 Å². The van der Waals surface area contributed by atoms with Crippen LogP contribution in [0.3, 0.4) is 0 Å². The molecule has 1 aliphatic rings. The van der Waals surface area contributed by atoms with Crippen LogP contribution >= 0.6 is 0 Å². The summed E-state index contributed by atoms with van der Waals surface area (Å²) in [5, 5.41) is 19.4. The normalized spacial score (nSPS) is 12.6. The number of anilines is 1. The summed E-state index contributed by atoms with van der Waals surface area (Å²) in [6.45, 7) is 0. The Morgan fingerprint density at radius 3 is 2.06 bits per heavy atom. The van der Waals surface area contributed by atoms with Crippen molar-refractivity contribution in [3.63, 3.8) is 0 Å². The van der Waals surface area contributed by atoms with E-state index in [9.17, 15) is 27.9 Å². The van der Waals surface area contributed by atoms with Crippen molar-refractivity contribution in [1.82, 2.24) is 4.31 Å². The van der Waals surface area contributed by atoms with Crippen LogP contribution in [0.4, 0.5) is 10.5 Å². The molecule has 0 spiro atoms. The van der Waals surface area contributed by atoms with Crippen molar-refractivity contribution in [2.24, 2.45) is 0 Å². The van der Waals surface area contributed by atoms with Gasteiger partial charge in [-0.2, -0.15) is 0 Å². The zero-order chi connectivity index (χ0) is 24.1. The number of carbonyl (C=O) groups is 3. The zero-order valence-electron chi connectivity index (χ0n) is 17.0. The van der Waals surface area contributed by atoms with Crippen LogP contribution in [0.1, 0.15) is 31.8 Å². The molecule has 0 fully saturated rings. The Morgan fingerprint density at radius 1 is 0.970 bits per heavy atom. The number of phenols is 1. The van der Waals surface area contributed by atoms with Gasteiger partial charge in [-0.3, -0.25) is 9.59 Å². The number of nitrogen functional groups attached to an aromatic ring is 1. The summed E-state index contributed by atoms with van der Waals surface area (Å²) in [7, 11) is -3.37. The van der Waals surface area contributed by atoms with Crippen LogP contribution in [0.25, 0.3) is 0 Å². The van der Waals surface area contributed by atoms with E-state index in [1.165, 1.54) is 24.3 Å². The first-order valence-electron chi connectivity index (χ1n) is 9.37. The highest BCUT2D eigenvalue weighted by molar-refractivity contribution is 7.89. The van der Waals surface area contributed by atoms with Crippen LogP contribution in [-0.2, 0) is 10.0 Å². The predicted octanol–water partition coefficient (Wildman–Crippen LogP) is 2.84. The van der Waals surface area contributed by atoms with Gasteiger partial charge in [0.15, 0.2) is 17.3 Å². The molecule has 1 aliphatic carbocycles. The molecule has 1 amide bonds. The van der Waals surface area contributed by atoms with Crippen molar-refractivity contribution >= 4 is 33.4 Å². The zero-order valence-corrected chi connectivity index (χ0v) is 17.8. The third-order valence-electron chi connectivity index (χ3n) is 5.16. The van der Waals surface area contributed by atoms with Crippen LogP contribution in [0, 0.1) is 0 Å². The molecule has 0 unspecified atom stereocenters. The maximum Gasteiger partial charge on any atom is 0.421 e. The number of nitrogens with two attached hydrogens (primary N) is 1. The summed E-state index contributed by atoms with van der Waals surface area (Å²) in [5.41, 5.74) is 5.85. The largest absolute Gasteiger partial charge is 0.507 e. The van der Waals surface area contributed by atoms with Gasteiger partial charge >= 0.3 is 6.09 Å². The molecule has 4 N–H and O–H groups in total. The molecule has 3 aromatic carbocycles. The number of benzene rings is 3. The molecule has 0 saturated heterocycles. The Bertz CT molecular complexity index is 1450. The molecular formula is C22H16N2O8S. The highest BCUT2D eigenvalue weighted by atomic mass is 32.2. The molecule has 0 radical (unpaired) electrons. The lowest BCUT2D eigenvalue weighted by Gasteiger charge is -2.21. The number of amides is 1. The summed E-state index contributed by atoms with van der Waals surface area (Å²) < 4.78 is 30.3. The molecular weight excluding hydrogens is 452 g/mol. The quantitative estimate of drug-likeness (QED) is 0.302. The highest BCUT2D eigenvalue weighted by Gasteiger charge is 2.35. The van der Waals surface area contributed by atoms with Gasteiger partial charge in [0.2, 0.25) is 0 Å². The SMILES string of the molecule is CN(C(=O)O)S(=O)(=O)c1ccc(Oc2cc(O)c3c(c2N)C(=O)c2ccccc2C3=O)cc1. The number of carbonyl (C=O) groups excluding carboxylic acids is 2. The molecule has 168 valence electrons. The van der Waals surface area contributed by atoms with E-state index in [2.05, 4.69) is 0 Å². The van der Waals surface area contributed by atoms with E-state index in [1.807, 2.05) is 0 Å². The molecule has 0 atom stereocenters. The average molecular weight is 468 g/mol. The van der Waals surface area contributed by atoms with Crippen LogP contribution in [-0.4, -0.2) is 47.6 Å². The van der Waals surface area contributed by atoms with Gasteiger partial charge in [0.1, 0.15) is 11.5 Å². The summed E-state index contributed by atoms with van der Waals surface area (Å²) >= 11 is 0. The first-order chi connectivity index (χ1) is 15.5. The van der Waals surface area contributed by atoms with E-state index in [1.54, 1.807) is 12.1 Å². The Kier molecular flexibility index (Phi) is 5.05. The van der Waals surface area contributed by atoms with Crippen molar-refractivity contribution in [2.45, 2.75) is 4.90 Å². The van der Waals surface area contributed by atoms with Gasteiger partial charge in [-0.15, -0.1) is 0 Å². The van der Waals surface area contributed by atoms with Crippen molar-refractivity contribution in [2.75, 3.05) is 12.8 Å². The maximum atomic E-state index is 13.0. The number of rotatable bonds is 4. The Balaban J connectivity index is 1.71. The fraction of sp³-hybridized carbons (Fsp3) is 0.0455. The van der Waals surface area contributed by atoms with Gasteiger partial charge in [0, 0.05) is 24.2 Å². The molecule has 4 rings (SSSR count). The number of hydrogen-bond donors (Lipinski definition) is 3. The number of carboxylic acid groups (broad SMARTS) is 1. The van der Waals surface area contributed by atoms with Gasteiger partial charge in [0.25, 0.3) is 10.0 Å². The Morgan fingerprint density at radius 2 is 1.52 bits per heavy atom. The van der Waals surface area contributed by atoms with E-state index in [4.69, 9.17) is 15.6 Å². The van der Waals surface area contributed by atoms with Gasteiger partial charge < -0.3 is 20.7 Å². The molecule has 0 heterocycles. The minimum atomic E-state index is -4.27. The molecule has 0 aliphatic heterocycles. The van der Waals surface area contributed by atoms with Crippen molar-refractivity contribution in [3.05, 3.63) is 76.9 Å². The van der Waals surface area contributed by atoms with Gasteiger partial charge in [-0.1, -0.05) is 24.3 Å². The van der Waals surface area contributed by atoms with Crippen molar-refractivity contribution in [1.29, 1.82) is 0 Å². The van der Waals surface area contributed by atoms with E-state index in [0.717, 1.165) is 25.2 Å². The number of fused-ring (bicyclic) bond motifs is 2. The monoisotopic (exact) mass is 468 g/mol. The number of ketones is 2. The second-order valence-electron chi connectivity index (χ2n) is 7.09. The number of ether oxygens (including phenoxy) is 1. The Hall–Kier alpha value is -4.38. The minimum absolute atomic E-state index is 0.0907.